The number of pyridine rings is 1. The van der Waals surface area contributed by atoms with Crippen LogP contribution in [0.4, 0.5) is 11.6 Å². The zero-order valence-electron chi connectivity index (χ0n) is 15.7. The lowest BCUT2D eigenvalue weighted by atomic mass is 10.1. The number of anilines is 2. The number of rotatable bonds is 2. The Labute approximate surface area is 170 Å². The van der Waals surface area contributed by atoms with Crippen molar-refractivity contribution in [2.24, 2.45) is 0 Å². The summed E-state index contributed by atoms with van der Waals surface area (Å²) in [6, 6.07) is 12.3. The Morgan fingerprint density at radius 3 is 2.76 bits per heavy atom. The molecular formula is C21H19N7S. The van der Waals surface area contributed by atoms with Gasteiger partial charge in [0.15, 0.2) is 11.5 Å². The van der Waals surface area contributed by atoms with Crippen LogP contribution < -0.4 is 10.6 Å². The van der Waals surface area contributed by atoms with E-state index in [0.717, 1.165) is 46.6 Å². The van der Waals surface area contributed by atoms with Crippen LogP contribution in [0.5, 0.6) is 0 Å². The molecule has 4 aromatic rings. The summed E-state index contributed by atoms with van der Waals surface area (Å²) < 4.78 is 1.54. The van der Waals surface area contributed by atoms with E-state index in [-0.39, 0.29) is 10.5 Å². The van der Waals surface area contributed by atoms with Gasteiger partial charge in [0.05, 0.1) is 11.7 Å². The van der Waals surface area contributed by atoms with Crippen LogP contribution in [0.25, 0.3) is 27.7 Å². The molecule has 0 atom stereocenters. The Bertz CT molecular complexity index is 1310. The highest BCUT2D eigenvalue weighted by molar-refractivity contribution is 8.14. The van der Waals surface area contributed by atoms with Crippen molar-refractivity contribution in [2.75, 3.05) is 35.2 Å². The molecule has 5 rings (SSSR count). The summed E-state index contributed by atoms with van der Waals surface area (Å²) in [5.74, 6) is 7.11. The van der Waals surface area contributed by atoms with E-state index >= 15 is 0 Å². The zero-order valence-corrected chi connectivity index (χ0v) is 16.6. The number of aromatic nitrogens is 4. The van der Waals surface area contributed by atoms with Gasteiger partial charge in [0.1, 0.15) is 17.5 Å². The lowest BCUT2D eigenvalue weighted by molar-refractivity contribution is 0.829. The van der Waals surface area contributed by atoms with E-state index in [1.54, 1.807) is 10.7 Å². The van der Waals surface area contributed by atoms with Gasteiger partial charge < -0.3 is 10.6 Å². The van der Waals surface area contributed by atoms with E-state index in [2.05, 4.69) is 33.0 Å². The van der Waals surface area contributed by atoms with Gasteiger partial charge in [0.25, 0.3) is 0 Å². The molecule has 0 spiro atoms. The quantitative estimate of drug-likeness (QED) is 0.519. The molecule has 0 bridgehead atoms. The van der Waals surface area contributed by atoms with Crippen molar-refractivity contribution in [2.45, 2.75) is 0 Å². The minimum Gasteiger partial charge on any atom is -0.382 e. The second-order valence-corrected chi connectivity index (χ2v) is 9.07. The second-order valence-electron chi connectivity index (χ2n) is 7.03. The molecule has 1 aromatic carbocycles. The number of nitrogen functional groups attached to an aromatic ring is 1. The molecule has 2 N–H and O–H groups in total. The van der Waals surface area contributed by atoms with E-state index < -0.39 is 0 Å². The first kappa shape index (κ1) is 17.6. The predicted molar refractivity (Wildman–Crippen MR) is 120 cm³/mol. The normalized spacial score (nSPS) is 15.1. The smallest absolute Gasteiger partial charge is 0.167 e. The number of fused-ring (bicyclic) bond motifs is 2. The highest BCUT2D eigenvalue weighted by atomic mass is 32.2. The van der Waals surface area contributed by atoms with E-state index in [4.69, 9.17) is 10.7 Å². The van der Waals surface area contributed by atoms with Gasteiger partial charge in [0.2, 0.25) is 0 Å². The highest BCUT2D eigenvalue weighted by Crippen LogP contribution is 2.32. The number of nitrogens with zero attached hydrogens (tertiary/aromatic N) is 6. The molecule has 1 aliphatic rings. The number of nitrogens with two attached hydrogens (primary N) is 1. The van der Waals surface area contributed by atoms with Crippen molar-refractivity contribution in [3.05, 3.63) is 48.3 Å². The zero-order chi connectivity index (χ0) is 20.0. The molecule has 144 valence electrons. The maximum absolute atomic E-state index is 9.73. The maximum Gasteiger partial charge on any atom is 0.167 e. The predicted octanol–water partition coefficient (Wildman–Crippen LogP) is 2.92. The average Bonchev–Trinajstić information content (AvgIpc) is 3.18. The Kier molecular flexibility index (Phi) is 4.18. The average molecular weight is 401 g/mol. The Morgan fingerprint density at radius 2 is 1.97 bits per heavy atom. The summed E-state index contributed by atoms with van der Waals surface area (Å²) in [6.07, 6.45) is 3.56. The summed E-state index contributed by atoms with van der Waals surface area (Å²) in [5.41, 5.74) is 10.0. The van der Waals surface area contributed by atoms with Crippen molar-refractivity contribution >= 4 is 44.5 Å². The molecule has 1 fully saturated rings. The van der Waals surface area contributed by atoms with Gasteiger partial charge in [-0.1, -0.05) is 24.1 Å². The largest absolute Gasteiger partial charge is 0.382 e. The summed E-state index contributed by atoms with van der Waals surface area (Å²) >= 11 is 0. The number of para-hydroxylation sites is 1. The van der Waals surface area contributed by atoms with Crippen LogP contribution in [0.2, 0.25) is 0 Å². The second kappa shape index (κ2) is 6.87. The SMILES string of the molecule is C=S1CCN(c2nc3c(-c4cnc5ccccc5c4)cnn3c(N)c2C#N)CC1. The molecule has 1 saturated heterocycles. The summed E-state index contributed by atoms with van der Waals surface area (Å²) in [5, 5.41) is 15.2. The van der Waals surface area contributed by atoms with Crippen LogP contribution in [0.3, 0.4) is 0 Å². The molecule has 7 nitrogen and oxygen atoms in total. The van der Waals surface area contributed by atoms with Gasteiger partial charge in [-0.15, -0.1) is 0 Å². The van der Waals surface area contributed by atoms with Crippen molar-refractivity contribution in [1.29, 1.82) is 5.26 Å². The van der Waals surface area contributed by atoms with Gasteiger partial charge in [-0.25, -0.2) is 4.98 Å². The monoisotopic (exact) mass is 401 g/mol. The van der Waals surface area contributed by atoms with Crippen LogP contribution in [0.15, 0.2) is 42.7 Å². The lowest BCUT2D eigenvalue weighted by Gasteiger charge is -2.30. The van der Waals surface area contributed by atoms with E-state index in [1.807, 2.05) is 30.5 Å². The van der Waals surface area contributed by atoms with Crippen LogP contribution >= 0.6 is 10.5 Å². The van der Waals surface area contributed by atoms with E-state index in [9.17, 15) is 5.26 Å². The topological polar surface area (TPSA) is 96.1 Å². The minimum atomic E-state index is 0.175. The highest BCUT2D eigenvalue weighted by Gasteiger charge is 2.23. The van der Waals surface area contributed by atoms with Crippen LogP contribution in [0.1, 0.15) is 5.56 Å². The Hall–Kier alpha value is -3.44. The third-order valence-corrected chi connectivity index (χ3v) is 6.80. The molecule has 0 saturated carbocycles. The van der Waals surface area contributed by atoms with Crippen LogP contribution in [-0.2, 0) is 0 Å². The van der Waals surface area contributed by atoms with Crippen LogP contribution in [0, 0.1) is 11.3 Å². The molecule has 0 radical (unpaired) electrons. The molecule has 0 amide bonds. The van der Waals surface area contributed by atoms with Crippen molar-refractivity contribution in [1.82, 2.24) is 19.6 Å². The van der Waals surface area contributed by atoms with Gasteiger partial charge >= 0.3 is 0 Å². The first-order valence-corrected chi connectivity index (χ1v) is 11.0. The molecule has 0 aliphatic carbocycles. The van der Waals surface area contributed by atoms with E-state index in [1.165, 1.54) is 0 Å². The maximum atomic E-state index is 9.73. The van der Waals surface area contributed by atoms with Gasteiger partial charge in [0, 0.05) is 47.3 Å². The number of hydrogen-bond acceptors (Lipinski definition) is 6. The molecule has 4 heterocycles. The van der Waals surface area contributed by atoms with Crippen molar-refractivity contribution in [3.8, 4) is 17.2 Å². The van der Waals surface area contributed by atoms with Crippen molar-refractivity contribution in [3.63, 3.8) is 0 Å². The Morgan fingerprint density at radius 1 is 1.17 bits per heavy atom. The molecule has 1 aliphatic heterocycles. The first-order chi connectivity index (χ1) is 14.2. The fourth-order valence-electron chi connectivity index (χ4n) is 3.66. The fourth-order valence-corrected chi connectivity index (χ4v) is 4.83. The number of benzene rings is 1. The van der Waals surface area contributed by atoms with Crippen molar-refractivity contribution < 1.29 is 0 Å². The molecular weight excluding hydrogens is 382 g/mol. The van der Waals surface area contributed by atoms with Crippen LogP contribution in [-0.4, -0.2) is 50.0 Å². The standard InChI is InChI=1S/C21H19N7S/c1-29-8-6-27(7-9-29)20-16(11-22)19(23)28-21(26-20)17(13-25-28)15-10-14-4-2-3-5-18(14)24-12-15/h2-5,10,12-13H,1,6-9,23H2. The van der Waals surface area contributed by atoms with Gasteiger partial charge in [-0.05, 0) is 12.1 Å². The summed E-state index contributed by atoms with van der Waals surface area (Å²) in [4.78, 5) is 11.5. The molecule has 0 unspecified atom stereocenters. The molecule has 29 heavy (non-hydrogen) atoms. The van der Waals surface area contributed by atoms with E-state index in [0.29, 0.717) is 22.8 Å². The third kappa shape index (κ3) is 2.91. The number of nitriles is 1. The Balaban J connectivity index is 1.69. The summed E-state index contributed by atoms with van der Waals surface area (Å²) in [7, 11) is 0.175. The third-order valence-electron chi connectivity index (χ3n) is 5.28. The van der Waals surface area contributed by atoms with Gasteiger partial charge in [-0.2, -0.15) is 25.4 Å². The lowest BCUT2D eigenvalue weighted by Crippen LogP contribution is -2.35. The molecule has 3 aromatic heterocycles. The minimum absolute atomic E-state index is 0.175. The fraction of sp³-hybridized carbons (Fsp3) is 0.190. The summed E-state index contributed by atoms with van der Waals surface area (Å²) in [6.45, 7) is 1.65. The number of hydrogen-bond donors (Lipinski definition) is 1. The molecule has 8 heteroatoms. The van der Waals surface area contributed by atoms with Gasteiger partial charge in [-0.3, -0.25) is 4.98 Å². The first-order valence-electron chi connectivity index (χ1n) is 9.30.